The molecule has 2 amide bonds. The van der Waals surface area contributed by atoms with Crippen LogP contribution in [0.5, 0.6) is 11.5 Å². The summed E-state index contributed by atoms with van der Waals surface area (Å²) in [4.78, 5) is 16.8. The van der Waals surface area contributed by atoms with E-state index in [-0.39, 0.29) is 11.1 Å². The molecule has 3 aromatic heterocycles. The number of benzene rings is 1. The number of amides is 2. The number of pyridine rings is 1. The SMILES string of the molecule is Cn1nc(C(C)(C)C)cc1NC(=O)Nc1cc(Oc2ccnc(-c3cn[nH]c3)c2)ccc1F. The van der Waals surface area contributed by atoms with Crippen molar-refractivity contribution >= 4 is 17.5 Å². The van der Waals surface area contributed by atoms with Gasteiger partial charge in [-0.2, -0.15) is 10.2 Å². The fourth-order valence-electron chi connectivity index (χ4n) is 3.04. The molecule has 0 aliphatic rings. The van der Waals surface area contributed by atoms with Gasteiger partial charge in [0, 0.05) is 48.6 Å². The Morgan fingerprint density at radius 3 is 2.61 bits per heavy atom. The standard InChI is InChI=1S/C23H24FN7O2/c1-23(2,3)20-11-21(31(4)30-20)29-22(32)28-19-10-15(5-6-17(19)24)33-16-7-8-25-18(9-16)14-12-26-27-13-14/h5-13H,1-4H3,(H,26,27)(H2,28,29,32). The van der Waals surface area contributed by atoms with Crippen LogP contribution in [0.3, 0.4) is 0 Å². The molecule has 4 rings (SSSR count). The van der Waals surface area contributed by atoms with Gasteiger partial charge in [0.15, 0.2) is 0 Å². The van der Waals surface area contributed by atoms with Crippen molar-refractivity contribution in [2.45, 2.75) is 26.2 Å². The number of nitrogens with one attached hydrogen (secondary N) is 3. The number of hydrogen-bond acceptors (Lipinski definition) is 5. The maximum atomic E-state index is 14.4. The normalized spacial score (nSPS) is 11.3. The molecule has 3 heterocycles. The van der Waals surface area contributed by atoms with Crippen molar-refractivity contribution in [2.24, 2.45) is 7.05 Å². The maximum Gasteiger partial charge on any atom is 0.324 e. The summed E-state index contributed by atoms with van der Waals surface area (Å²) in [6.07, 6.45) is 4.97. The molecule has 3 N–H and O–H groups in total. The second-order valence-electron chi connectivity index (χ2n) is 8.48. The summed E-state index contributed by atoms with van der Waals surface area (Å²) in [7, 11) is 1.73. The third-order valence-electron chi connectivity index (χ3n) is 4.84. The predicted octanol–water partition coefficient (Wildman–Crippen LogP) is 5.08. The molecule has 0 aliphatic heterocycles. The molecule has 170 valence electrons. The molecule has 4 aromatic rings. The van der Waals surface area contributed by atoms with Gasteiger partial charge in [-0.05, 0) is 18.2 Å². The summed E-state index contributed by atoms with van der Waals surface area (Å²) >= 11 is 0. The summed E-state index contributed by atoms with van der Waals surface area (Å²) in [5.74, 6) is 0.764. The summed E-state index contributed by atoms with van der Waals surface area (Å²) in [6.45, 7) is 6.09. The first-order chi connectivity index (χ1) is 15.7. The number of anilines is 2. The molecule has 0 spiro atoms. The first kappa shape index (κ1) is 22.0. The zero-order chi connectivity index (χ0) is 23.6. The number of ether oxygens (including phenoxy) is 1. The van der Waals surface area contributed by atoms with Gasteiger partial charge in [-0.3, -0.25) is 20.1 Å². The first-order valence-corrected chi connectivity index (χ1v) is 10.2. The molecule has 0 unspecified atom stereocenters. The number of aromatic amines is 1. The zero-order valence-corrected chi connectivity index (χ0v) is 18.7. The minimum absolute atomic E-state index is 0.0210. The van der Waals surface area contributed by atoms with Crippen LogP contribution in [0, 0.1) is 5.82 Å². The highest BCUT2D eigenvalue weighted by molar-refractivity contribution is 5.99. The quantitative estimate of drug-likeness (QED) is 0.394. The summed E-state index contributed by atoms with van der Waals surface area (Å²) < 4.78 is 21.8. The van der Waals surface area contributed by atoms with Gasteiger partial charge in [0.1, 0.15) is 23.1 Å². The number of carbonyl (C=O) groups is 1. The van der Waals surface area contributed by atoms with Crippen LogP contribution in [0.2, 0.25) is 0 Å². The minimum atomic E-state index is -0.597. The fourth-order valence-corrected chi connectivity index (χ4v) is 3.04. The van der Waals surface area contributed by atoms with Crippen molar-refractivity contribution in [3.8, 4) is 22.8 Å². The average Bonchev–Trinajstić information content (AvgIpc) is 3.41. The van der Waals surface area contributed by atoms with E-state index in [1.807, 2.05) is 20.8 Å². The van der Waals surface area contributed by atoms with Crippen LogP contribution in [0.25, 0.3) is 11.3 Å². The van der Waals surface area contributed by atoms with Gasteiger partial charge in [0.2, 0.25) is 0 Å². The number of aromatic nitrogens is 5. The van der Waals surface area contributed by atoms with E-state index in [1.165, 1.54) is 18.2 Å². The Labute approximate surface area is 190 Å². The van der Waals surface area contributed by atoms with E-state index in [0.717, 1.165) is 11.3 Å². The third kappa shape index (κ3) is 5.17. The van der Waals surface area contributed by atoms with E-state index < -0.39 is 11.8 Å². The van der Waals surface area contributed by atoms with Crippen LogP contribution in [-0.4, -0.2) is 31.0 Å². The topological polar surface area (TPSA) is 110 Å². The van der Waals surface area contributed by atoms with E-state index in [1.54, 1.807) is 48.5 Å². The smallest absolute Gasteiger partial charge is 0.324 e. The molecule has 0 radical (unpaired) electrons. The number of aryl methyl sites for hydroxylation is 1. The van der Waals surface area contributed by atoms with Crippen LogP contribution < -0.4 is 15.4 Å². The van der Waals surface area contributed by atoms with Crippen LogP contribution in [0.4, 0.5) is 20.7 Å². The van der Waals surface area contributed by atoms with Gasteiger partial charge in [-0.25, -0.2) is 9.18 Å². The van der Waals surface area contributed by atoms with E-state index in [4.69, 9.17) is 4.74 Å². The lowest BCUT2D eigenvalue weighted by atomic mass is 9.92. The number of halogens is 1. The molecule has 1 aromatic carbocycles. The van der Waals surface area contributed by atoms with Crippen LogP contribution in [0.1, 0.15) is 26.5 Å². The lowest BCUT2D eigenvalue weighted by Crippen LogP contribution is -2.21. The monoisotopic (exact) mass is 449 g/mol. The molecule has 0 atom stereocenters. The van der Waals surface area contributed by atoms with Crippen molar-refractivity contribution in [1.82, 2.24) is 25.0 Å². The number of hydrogen-bond donors (Lipinski definition) is 3. The Balaban J connectivity index is 1.47. The van der Waals surface area contributed by atoms with E-state index >= 15 is 0 Å². The summed E-state index contributed by atoms with van der Waals surface area (Å²) in [5, 5.41) is 16.3. The largest absolute Gasteiger partial charge is 0.457 e. The number of carbonyl (C=O) groups excluding carboxylic acids is 1. The number of rotatable bonds is 5. The second kappa shape index (κ2) is 8.73. The minimum Gasteiger partial charge on any atom is -0.457 e. The lowest BCUT2D eigenvalue weighted by Gasteiger charge is -2.13. The van der Waals surface area contributed by atoms with Crippen molar-refractivity contribution < 1.29 is 13.9 Å². The van der Waals surface area contributed by atoms with Crippen LogP contribution in [-0.2, 0) is 12.5 Å². The first-order valence-electron chi connectivity index (χ1n) is 10.2. The van der Waals surface area contributed by atoms with Crippen LogP contribution in [0.15, 0.2) is 55.0 Å². The molecule has 33 heavy (non-hydrogen) atoms. The van der Waals surface area contributed by atoms with Crippen molar-refractivity contribution in [2.75, 3.05) is 10.6 Å². The Morgan fingerprint density at radius 1 is 1.12 bits per heavy atom. The van der Waals surface area contributed by atoms with Crippen molar-refractivity contribution in [3.63, 3.8) is 0 Å². The molecule has 0 saturated heterocycles. The maximum absolute atomic E-state index is 14.4. The summed E-state index contributed by atoms with van der Waals surface area (Å²) in [5.41, 5.74) is 2.12. The fraction of sp³-hybridized carbons (Fsp3) is 0.217. The van der Waals surface area contributed by atoms with E-state index in [2.05, 4.69) is 30.9 Å². The second-order valence-corrected chi connectivity index (χ2v) is 8.48. The number of nitrogens with zero attached hydrogens (tertiary/aromatic N) is 4. The molecular formula is C23H24FN7O2. The molecular weight excluding hydrogens is 425 g/mol. The predicted molar refractivity (Wildman–Crippen MR) is 123 cm³/mol. The molecule has 0 saturated carbocycles. The third-order valence-corrected chi connectivity index (χ3v) is 4.84. The van der Waals surface area contributed by atoms with E-state index in [0.29, 0.717) is 23.0 Å². The lowest BCUT2D eigenvalue weighted by molar-refractivity contribution is 0.262. The summed E-state index contributed by atoms with van der Waals surface area (Å²) in [6, 6.07) is 8.73. The molecule has 0 bridgehead atoms. The van der Waals surface area contributed by atoms with Gasteiger partial charge >= 0.3 is 6.03 Å². The van der Waals surface area contributed by atoms with Gasteiger partial charge in [-0.15, -0.1) is 0 Å². The van der Waals surface area contributed by atoms with E-state index in [9.17, 15) is 9.18 Å². The highest BCUT2D eigenvalue weighted by Crippen LogP contribution is 2.29. The highest BCUT2D eigenvalue weighted by Gasteiger charge is 2.20. The molecule has 9 nitrogen and oxygen atoms in total. The highest BCUT2D eigenvalue weighted by atomic mass is 19.1. The molecule has 10 heteroatoms. The number of urea groups is 1. The van der Waals surface area contributed by atoms with Crippen molar-refractivity contribution in [1.29, 1.82) is 0 Å². The van der Waals surface area contributed by atoms with Gasteiger partial charge in [0.05, 0.1) is 23.3 Å². The van der Waals surface area contributed by atoms with Gasteiger partial charge in [0.25, 0.3) is 0 Å². The van der Waals surface area contributed by atoms with Crippen molar-refractivity contribution in [3.05, 3.63) is 66.5 Å². The number of H-pyrrole nitrogens is 1. The Bertz CT molecular complexity index is 1280. The Kier molecular flexibility index (Phi) is 5.82. The molecule has 0 fully saturated rings. The zero-order valence-electron chi connectivity index (χ0n) is 18.7. The Morgan fingerprint density at radius 2 is 1.91 bits per heavy atom. The van der Waals surface area contributed by atoms with Gasteiger partial charge in [-0.1, -0.05) is 20.8 Å². The van der Waals surface area contributed by atoms with Gasteiger partial charge < -0.3 is 10.1 Å². The Hall–Kier alpha value is -4.21. The molecule has 0 aliphatic carbocycles. The average molecular weight is 449 g/mol. The van der Waals surface area contributed by atoms with Crippen LogP contribution >= 0.6 is 0 Å².